The van der Waals surface area contributed by atoms with Gasteiger partial charge in [-0.1, -0.05) is 13.8 Å². The first-order chi connectivity index (χ1) is 7.61. The average Bonchev–Trinajstić information content (AvgIpc) is 2.64. The van der Waals surface area contributed by atoms with Crippen LogP contribution >= 0.6 is 11.3 Å². The molecule has 3 nitrogen and oxygen atoms in total. The van der Waals surface area contributed by atoms with E-state index < -0.39 is 0 Å². The second kappa shape index (κ2) is 4.72. The van der Waals surface area contributed by atoms with Gasteiger partial charge in [0, 0.05) is 24.2 Å². The number of likely N-dealkylation sites (tertiary alicyclic amines) is 1. The maximum absolute atomic E-state index is 5.65. The lowest BCUT2D eigenvalue weighted by Gasteiger charge is -2.39. The predicted molar refractivity (Wildman–Crippen MR) is 69.4 cm³/mol. The lowest BCUT2D eigenvalue weighted by molar-refractivity contribution is 0.0945. The van der Waals surface area contributed by atoms with Crippen molar-refractivity contribution in [2.75, 3.05) is 18.8 Å². The highest BCUT2D eigenvalue weighted by atomic mass is 32.1. The molecule has 0 aromatic carbocycles. The highest BCUT2D eigenvalue weighted by molar-refractivity contribution is 7.15. The minimum absolute atomic E-state index is 0.508. The lowest BCUT2D eigenvalue weighted by Crippen LogP contribution is -2.40. The van der Waals surface area contributed by atoms with Crippen molar-refractivity contribution in [3.05, 3.63) is 11.1 Å². The van der Waals surface area contributed by atoms with Gasteiger partial charge in [-0.05, 0) is 31.2 Å². The minimum Gasteiger partial charge on any atom is -0.375 e. The number of aromatic nitrogens is 1. The summed E-state index contributed by atoms with van der Waals surface area (Å²) in [6, 6.07) is 0. The molecule has 2 rings (SSSR count). The van der Waals surface area contributed by atoms with Crippen molar-refractivity contribution < 1.29 is 0 Å². The molecule has 1 atom stereocenters. The van der Waals surface area contributed by atoms with Crippen LogP contribution in [0.3, 0.4) is 0 Å². The first kappa shape index (κ1) is 11.9. The number of hydrogen-bond acceptors (Lipinski definition) is 4. The van der Waals surface area contributed by atoms with Crippen molar-refractivity contribution in [3.8, 4) is 0 Å². The quantitative estimate of drug-likeness (QED) is 0.882. The molecule has 1 fully saturated rings. The Morgan fingerprint density at radius 1 is 1.62 bits per heavy atom. The highest BCUT2D eigenvalue weighted by Gasteiger charge is 2.29. The molecule has 1 aliphatic heterocycles. The second-order valence-corrected chi connectivity index (χ2v) is 6.29. The van der Waals surface area contributed by atoms with Crippen molar-refractivity contribution in [1.82, 2.24) is 9.88 Å². The van der Waals surface area contributed by atoms with Crippen molar-refractivity contribution in [2.45, 2.75) is 39.7 Å². The zero-order valence-electron chi connectivity index (χ0n) is 10.2. The van der Waals surface area contributed by atoms with Crippen molar-refractivity contribution in [3.63, 3.8) is 0 Å². The fraction of sp³-hybridized carbons (Fsp3) is 0.750. The molecule has 1 aliphatic rings. The van der Waals surface area contributed by atoms with E-state index in [1.165, 1.54) is 37.2 Å². The van der Waals surface area contributed by atoms with Gasteiger partial charge in [-0.2, -0.15) is 0 Å². The summed E-state index contributed by atoms with van der Waals surface area (Å²) < 4.78 is 0. The molecule has 2 N–H and O–H groups in total. The summed E-state index contributed by atoms with van der Waals surface area (Å²) in [5.74, 6) is 0. The number of piperidine rings is 1. The first-order valence-corrected chi connectivity index (χ1v) is 6.85. The number of nitrogens with two attached hydrogens (primary N) is 1. The van der Waals surface area contributed by atoms with E-state index in [2.05, 4.69) is 23.7 Å². The molecule has 1 aromatic heterocycles. The Morgan fingerprint density at radius 2 is 2.44 bits per heavy atom. The maximum atomic E-state index is 5.65. The molecule has 2 heterocycles. The summed E-state index contributed by atoms with van der Waals surface area (Å²) in [4.78, 5) is 7.94. The van der Waals surface area contributed by atoms with E-state index in [1.807, 2.05) is 6.20 Å². The molecule has 0 spiro atoms. The smallest absolute Gasteiger partial charge is 0.180 e. The maximum Gasteiger partial charge on any atom is 0.180 e. The molecule has 1 unspecified atom stereocenters. The van der Waals surface area contributed by atoms with Crippen molar-refractivity contribution >= 4 is 16.5 Å². The third-order valence-corrected chi connectivity index (χ3v) is 4.48. The minimum atomic E-state index is 0.508. The van der Waals surface area contributed by atoms with Gasteiger partial charge in [0.2, 0.25) is 0 Å². The summed E-state index contributed by atoms with van der Waals surface area (Å²) in [7, 11) is 0. The Balaban J connectivity index is 1.95. The van der Waals surface area contributed by atoms with Crippen LogP contribution in [0, 0.1) is 5.41 Å². The van der Waals surface area contributed by atoms with Crippen LogP contribution in [0.1, 0.15) is 38.0 Å². The monoisotopic (exact) mass is 239 g/mol. The first-order valence-electron chi connectivity index (χ1n) is 6.04. The van der Waals surface area contributed by atoms with Crippen molar-refractivity contribution in [2.24, 2.45) is 5.41 Å². The Morgan fingerprint density at radius 3 is 3.06 bits per heavy atom. The van der Waals surface area contributed by atoms with Crippen molar-refractivity contribution in [1.29, 1.82) is 0 Å². The Hall–Kier alpha value is -0.610. The Bertz CT molecular complexity index is 350. The summed E-state index contributed by atoms with van der Waals surface area (Å²) in [5.41, 5.74) is 6.16. The largest absolute Gasteiger partial charge is 0.375 e. The van der Waals surface area contributed by atoms with Gasteiger partial charge in [0.25, 0.3) is 0 Å². The van der Waals surface area contributed by atoms with E-state index in [0.29, 0.717) is 10.5 Å². The van der Waals surface area contributed by atoms with Gasteiger partial charge < -0.3 is 5.73 Å². The lowest BCUT2D eigenvalue weighted by atomic mass is 9.80. The van der Waals surface area contributed by atoms with Crippen LogP contribution in [-0.4, -0.2) is 23.0 Å². The molecular formula is C12H21N3S. The molecular weight excluding hydrogens is 218 g/mol. The third kappa shape index (κ3) is 2.74. The van der Waals surface area contributed by atoms with Gasteiger partial charge in [0.05, 0.1) is 0 Å². The number of thiazole rings is 1. The molecule has 0 amide bonds. The van der Waals surface area contributed by atoms with E-state index in [1.54, 1.807) is 11.3 Å². The van der Waals surface area contributed by atoms with Gasteiger partial charge in [0.1, 0.15) is 0 Å². The zero-order valence-corrected chi connectivity index (χ0v) is 11.0. The normalized spacial score (nSPS) is 27.1. The van der Waals surface area contributed by atoms with Crippen LogP contribution in [0.4, 0.5) is 5.13 Å². The van der Waals surface area contributed by atoms with Gasteiger partial charge in [-0.15, -0.1) is 11.3 Å². The predicted octanol–water partition coefficient (Wildman–Crippen LogP) is 2.74. The van der Waals surface area contributed by atoms with E-state index in [0.717, 1.165) is 6.54 Å². The molecule has 16 heavy (non-hydrogen) atoms. The number of nitrogen functional groups attached to an aromatic ring is 1. The third-order valence-electron chi connectivity index (χ3n) is 3.66. The van der Waals surface area contributed by atoms with E-state index in [4.69, 9.17) is 5.73 Å². The second-order valence-electron chi connectivity index (χ2n) is 5.14. The van der Waals surface area contributed by atoms with Gasteiger partial charge >= 0.3 is 0 Å². The number of nitrogens with zero attached hydrogens (tertiary/aromatic N) is 2. The summed E-state index contributed by atoms with van der Waals surface area (Å²) in [6.45, 7) is 8.15. The fourth-order valence-corrected chi connectivity index (χ4v) is 3.19. The SMILES string of the molecule is CCC1(C)CCCN(Cc2cnc(N)s2)C1. The summed E-state index contributed by atoms with van der Waals surface area (Å²) in [5, 5.41) is 0.685. The molecule has 0 aliphatic carbocycles. The average molecular weight is 239 g/mol. The van der Waals surface area contributed by atoms with Gasteiger partial charge in [-0.25, -0.2) is 4.98 Å². The zero-order chi connectivity index (χ0) is 11.6. The van der Waals surface area contributed by atoms with E-state index >= 15 is 0 Å². The number of hydrogen-bond donors (Lipinski definition) is 1. The topological polar surface area (TPSA) is 42.2 Å². The van der Waals surface area contributed by atoms with E-state index in [9.17, 15) is 0 Å². The molecule has 1 aromatic rings. The molecule has 0 radical (unpaired) electrons. The summed E-state index contributed by atoms with van der Waals surface area (Å²) >= 11 is 1.61. The van der Waals surface area contributed by atoms with Crippen LogP contribution in [-0.2, 0) is 6.54 Å². The molecule has 1 saturated heterocycles. The van der Waals surface area contributed by atoms with Gasteiger partial charge in [0.15, 0.2) is 5.13 Å². The van der Waals surface area contributed by atoms with Crippen LogP contribution in [0.5, 0.6) is 0 Å². The summed E-state index contributed by atoms with van der Waals surface area (Å²) in [6.07, 6.45) is 5.87. The van der Waals surface area contributed by atoms with Crippen LogP contribution in [0.2, 0.25) is 0 Å². The Labute approximate surface area is 102 Å². The number of anilines is 1. The standard InChI is InChI=1S/C12H21N3S/c1-3-12(2)5-4-6-15(9-12)8-10-7-14-11(13)16-10/h7H,3-6,8-9H2,1-2H3,(H2,13,14). The molecule has 4 heteroatoms. The fourth-order valence-electron chi connectivity index (χ4n) is 2.47. The van der Waals surface area contributed by atoms with Gasteiger partial charge in [-0.3, -0.25) is 4.90 Å². The van der Waals surface area contributed by atoms with Crippen LogP contribution < -0.4 is 5.73 Å². The van der Waals surface area contributed by atoms with E-state index in [-0.39, 0.29) is 0 Å². The molecule has 0 bridgehead atoms. The molecule has 90 valence electrons. The van der Waals surface area contributed by atoms with Crippen LogP contribution in [0.15, 0.2) is 6.20 Å². The van der Waals surface area contributed by atoms with Crippen LogP contribution in [0.25, 0.3) is 0 Å². The highest BCUT2D eigenvalue weighted by Crippen LogP contribution is 2.33. The number of rotatable bonds is 3. The molecule has 0 saturated carbocycles. The Kier molecular flexibility index (Phi) is 3.50.